The lowest BCUT2D eigenvalue weighted by molar-refractivity contribution is 1.54. The second-order valence-electron chi connectivity index (χ2n) is 4.80. The predicted molar refractivity (Wildman–Crippen MR) is 80.6 cm³/mol. The van der Waals surface area contributed by atoms with Gasteiger partial charge in [-0.05, 0) is 39.1 Å². The minimum absolute atomic E-state index is 1.18. The lowest BCUT2D eigenvalue weighted by atomic mass is 9.97. The molecule has 19 heavy (non-hydrogen) atoms. The fraction of sp³-hybridized carbons (Fsp3) is 0. The summed E-state index contributed by atoms with van der Waals surface area (Å²) in [5.41, 5.74) is 4.88. The van der Waals surface area contributed by atoms with E-state index in [0.717, 1.165) is 0 Å². The van der Waals surface area contributed by atoms with E-state index >= 15 is 0 Å². The van der Waals surface area contributed by atoms with Crippen molar-refractivity contribution in [2.45, 2.75) is 0 Å². The summed E-state index contributed by atoms with van der Waals surface area (Å²) in [4.78, 5) is 0. The van der Waals surface area contributed by atoms with Crippen LogP contribution in [0.3, 0.4) is 0 Å². The van der Waals surface area contributed by atoms with Crippen molar-refractivity contribution in [3.05, 3.63) is 89.8 Å². The second kappa shape index (κ2) is 4.10. The molecule has 0 fully saturated rings. The molecule has 4 rings (SSSR count). The van der Waals surface area contributed by atoms with Gasteiger partial charge < -0.3 is 0 Å². The topological polar surface area (TPSA) is 0 Å². The van der Waals surface area contributed by atoms with Crippen LogP contribution in [0, 0.1) is 6.42 Å². The molecule has 0 spiro atoms. The molecular weight excluding hydrogens is 228 g/mol. The number of fused-ring (bicyclic) bond motifs is 2. The van der Waals surface area contributed by atoms with E-state index in [1.165, 1.54) is 33.0 Å². The van der Waals surface area contributed by atoms with Crippen molar-refractivity contribution in [2.24, 2.45) is 0 Å². The highest BCUT2D eigenvalue weighted by Gasteiger charge is 2.15. The average Bonchev–Trinajstić information content (AvgIpc) is 2.90. The third kappa shape index (κ3) is 1.68. The lowest BCUT2D eigenvalue weighted by Gasteiger charge is -2.06. The summed E-state index contributed by atoms with van der Waals surface area (Å²) in [6.45, 7) is 0. The molecule has 1 aliphatic carbocycles. The first-order valence-electron chi connectivity index (χ1n) is 6.48. The van der Waals surface area contributed by atoms with Crippen molar-refractivity contribution in [2.75, 3.05) is 0 Å². The van der Waals surface area contributed by atoms with Crippen LogP contribution >= 0.6 is 0 Å². The van der Waals surface area contributed by atoms with Gasteiger partial charge in [0.2, 0.25) is 0 Å². The first kappa shape index (κ1) is 10.6. The van der Waals surface area contributed by atoms with Gasteiger partial charge in [-0.15, -0.1) is 0 Å². The molecule has 0 bridgehead atoms. The molecule has 0 nitrogen and oxygen atoms in total. The number of hydrogen-bond acceptors (Lipinski definition) is 0. The van der Waals surface area contributed by atoms with Crippen LogP contribution < -0.4 is 0 Å². The average molecular weight is 240 g/mol. The quantitative estimate of drug-likeness (QED) is 0.572. The van der Waals surface area contributed by atoms with Crippen LogP contribution in [0.4, 0.5) is 0 Å². The highest BCUT2D eigenvalue weighted by Crippen LogP contribution is 2.36. The molecule has 3 aromatic carbocycles. The second-order valence-corrected chi connectivity index (χ2v) is 4.80. The maximum atomic E-state index is 3.50. The zero-order chi connectivity index (χ0) is 12.7. The van der Waals surface area contributed by atoms with Gasteiger partial charge in [0.25, 0.3) is 0 Å². The smallest absolute Gasteiger partial charge is 0.0514 e. The fourth-order valence-corrected chi connectivity index (χ4v) is 2.68. The van der Waals surface area contributed by atoms with Gasteiger partial charge in [-0.3, -0.25) is 0 Å². The van der Waals surface area contributed by atoms with Gasteiger partial charge in [-0.2, -0.15) is 0 Å². The molecule has 0 amide bonds. The van der Waals surface area contributed by atoms with Crippen LogP contribution in [0.5, 0.6) is 0 Å². The molecule has 0 unspecified atom stereocenters. The molecule has 0 heterocycles. The van der Waals surface area contributed by atoms with Gasteiger partial charge in [0, 0.05) is 0 Å². The minimum Gasteiger partial charge on any atom is -0.0619 e. The predicted octanol–water partition coefficient (Wildman–Crippen LogP) is 4.82. The summed E-state index contributed by atoms with van der Waals surface area (Å²) < 4.78 is 0. The Morgan fingerprint density at radius 3 is 2.42 bits per heavy atom. The molecule has 88 valence electrons. The highest BCUT2D eigenvalue weighted by molar-refractivity contribution is 6.03. The number of allylic oxidation sites excluding steroid dienone is 1. The van der Waals surface area contributed by atoms with Crippen LogP contribution in [0.15, 0.2) is 66.7 Å². The Bertz CT molecular complexity index is 789. The van der Waals surface area contributed by atoms with E-state index in [-0.39, 0.29) is 0 Å². The first-order valence-corrected chi connectivity index (χ1v) is 6.48. The van der Waals surface area contributed by atoms with Crippen molar-refractivity contribution in [3.63, 3.8) is 0 Å². The van der Waals surface area contributed by atoms with Gasteiger partial charge in [0.15, 0.2) is 0 Å². The maximum absolute atomic E-state index is 3.50. The van der Waals surface area contributed by atoms with Crippen LogP contribution in [0.1, 0.15) is 16.7 Å². The first-order chi connectivity index (χ1) is 9.42. The molecular formula is C19H12. The summed E-state index contributed by atoms with van der Waals surface area (Å²) in [5, 5.41) is 2.57. The van der Waals surface area contributed by atoms with E-state index in [1.54, 1.807) is 0 Å². The van der Waals surface area contributed by atoms with Crippen molar-refractivity contribution < 1.29 is 0 Å². The Labute approximate surface area is 113 Å². The normalized spacial score (nSPS) is 13.4. The third-order valence-electron chi connectivity index (χ3n) is 3.61. The lowest BCUT2D eigenvalue weighted by Crippen LogP contribution is -1.85. The molecule has 0 atom stereocenters. The van der Waals surface area contributed by atoms with E-state index in [4.69, 9.17) is 0 Å². The number of rotatable bonds is 1. The van der Waals surface area contributed by atoms with E-state index in [2.05, 4.69) is 79.2 Å². The zero-order valence-corrected chi connectivity index (χ0v) is 10.4. The largest absolute Gasteiger partial charge is 0.0619 e. The van der Waals surface area contributed by atoms with Gasteiger partial charge in [0.1, 0.15) is 0 Å². The molecule has 0 saturated heterocycles. The van der Waals surface area contributed by atoms with E-state index in [0.29, 0.717) is 0 Å². The third-order valence-corrected chi connectivity index (χ3v) is 3.61. The Hall–Kier alpha value is -2.34. The fourth-order valence-electron chi connectivity index (χ4n) is 2.68. The molecule has 2 radical (unpaired) electrons. The van der Waals surface area contributed by atoms with Gasteiger partial charge in [-0.1, -0.05) is 66.7 Å². The van der Waals surface area contributed by atoms with Crippen molar-refractivity contribution in [1.82, 2.24) is 0 Å². The monoisotopic (exact) mass is 240 g/mol. The molecule has 0 aromatic heterocycles. The van der Waals surface area contributed by atoms with Crippen LogP contribution in [0.2, 0.25) is 0 Å². The number of hydrogen-bond donors (Lipinski definition) is 0. The summed E-state index contributed by atoms with van der Waals surface area (Å²) in [7, 11) is 0. The standard InChI is InChI=1S/C19H12/c1-2-8-16-13-17(12-15(16)7-1)19-11-5-9-14-6-3-4-10-18(14)19/h1-12H. The van der Waals surface area contributed by atoms with E-state index < -0.39 is 0 Å². The van der Waals surface area contributed by atoms with Gasteiger partial charge in [0.05, 0.1) is 6.42 Å². The molecule has 0 aliphatic heterocycles. The Morgan fingerprint density at radius 1 is 0.684 bits per heavy atom. The summed E-state index contributed by atoms with van der Waals surface area (Å²) in [6, 6.07) is 23.3. The van der Waals surface area contributed by atoms with Gasteiger partial charge >= 0.3 is 0 Å². The minimum atomic E-state index is 1.18. The van der Waals surface area contributed by atoms with Crippen LogP contribution in [-0.4, -0.2) is 0 Å². The van der Waals surface area contributed by atoms with E-state index in [9.17, 15) is 0 Å². The Balaban J connectivity index is 1.90. The summed E-state index contributed by atoms with van der Waals surface area (Å²) >= 11 is 0. The van der Waals surface area contributed by atoms with Crippen molar-refractivity contribution in [3.8, 4) is 0 Å². The SMILES string of the molecule is [C]1C(c2cccc3ccccc23)=Cc2ccccc21. The van der Waals surface area contributed by atoms with E-state index in [1.807, 2.05) is 0 Å². The Kier molecular flexibility index (Phi) is 2.28. The summed E-state index contributed by atoms with van der Waals surface area (Å²) in [6.07, 6.45) is 5.72. The highest BCUT2D eigenvalue weighted by atomic mass is 14.2. The molecule has 1 aliphatic rings. The van der Waals surface area contributed by atoms with Crippen LogP contribution in [-0.2, 0) is 0 Å². The molecule has 0 heteroatoms. The molecule has 3 aromatic rings. The number of benzene rings is 3. The molecule has 0 N–H and O–H groups in total. The van der Waals surface area contributed by atoms with Crippen molar-refractivity contribution in [1.29, 1.82) is 0 Å². The molecule has 0 saturated carbocycles. The Morgan fingerprint density at radius 2 is 1.47 bits per heavy atom. The van der Waals surface area contributed by atoms with Crippen molar-refractivity contribution >= 4 is 22.4 Å². The summed E-state index contributed by atoms with van der Waals surface area (Å²) in [5.74, 6) is 0. The zero-order valence-electron chi connectivity index (χ0n) is 10.4. The van der Waals surface area contributed by atoms with Gasteiger partial charge in [-0.25, -0.2) is 0 Å². The maximum Gasteiger partial charge on any atom is 0.0514 e. The van der Waals surface area contributed by atoms with Crippen LogP contribution in [0.25, 0.3) is 22.4 Å².